The number of amidine groups is 1. The second kappa shape index (κ2) is 9.88. The summed E-state index contributed by atoms with van der Waals surface area (Å²) in [5.41, 5.74) is 7.31. The molecule has 2 aliphatic heterocycles. The maximum atomic E-state index is 12.5. The van der Waals surface area contributed by atoms with E-state index in [0.29, 0.717) is 41.6 Å². The lowest BCUT2D eigenvalue weighted by atomic mass is 9.98. The van der Waals surface area contributed by atoms with Crippen LogP contribution in [0.15, 0.2) is 40.9 Å². The van der Waals surface area contributed by atoms with Gasteiger partial charge in [0.1, 0.15) is 11.6 Å². The second-order valence-corrected chi connectivity index (χ2v) is 10.3. The van der Waals surface area contributed by atoms with Gasteiger partial charge in [-0.25, -0.2) is 4.98 Å². The van der Waals surface area contributed by atoms with E-state index in [9.17, 15) is 13.2 Å². The lowest BCUT2D eigenvalue weighted by Crippen LogP contribution is -2.38. The number of ether oxygens (including phenoxy) is 1. The van der Waals surface area contributed by atoms with E-state index in [1.807, 2.05) is 6.07 Å². The lowest BCUT2D eigenvalue weighted by molar-refractivity contribution is 0.0949. The van der Waals surface area contributed by atoms with E-state index in [4.69, 9.17) is 10.5 Å². The van der Waals surface area contributed by atoms with Crippen LogP contribution in [-0.2, 0) is 10.2 Å². The minimum absolute atomic E-state index is 0.0913. The Morgan fingerprint density at radius 1 is 1.35 bits per heavy atom. The van der Waals surface area contributed by atoms with Crippen LogP contribution >= 0.6 is 0 Å². The molecular formula is C23H30N6O4S. The Balaban J connectivity index is 1.42. The highest BCUT2D eigenvalue weighted by molar-refractivity contribution is 7.91. The predicted octanol–water partition coefficient (Wildman–Crippen LogP) is 2.14. The standard InChI is InChI=1S/C23H30N6O4S/c1-15(2)12-26-23(30)17-8-9-25-20(11-17)29-10-4-5-16(13-29)14-33-19-7-3-6-18-21(19)22(24)28-34(31,32)27-18/h3,6-9,11,15-16,27H,4-5,10,12-14H2,1-2H3,(H2,24,28)(H,26,30)/t16-/m0/s1. The van der Waals surface area contributed by atoms with Gasteiger partial charge in [0, 0.05) is 37.3 Å². The van der Waals surface area contributed by atoms with Gasteiger partial charge < -0.3 is 20.7 Å². The molecule has 34 heavy (non-hydrogen) atoms. The Morgan fingerprint density at radius 3 is 2.97 bits per heavy atom. The number of nitrogens with one attached hydrogen (secondary N) is 2. The van der Waals surface area contributed by atoms with Crippen molar-refractivity contribution in [2.75, 3.05) is 35.9 Å². The molecule has 182 valence electrons. The van der Waals surface area contributed by atoms with Gasteiger partial charge in [-0.1, -0.05) is 19.9 Å². The van der Waals surface area contributed by atoms with E-state index in [2.05, 4.69) is 38.2 Å². The third kappa shape index (κ3) is 5.58. The molecule has 4 N–H and O–H groups in total. The van der Waals surface area contributed by atoms with Crippen molar-refractivity contribution >= 4 is 33.5 Å². The quantitative estimate of drug-likeness (QED) is 0.545. The van der Waals surface area contributed by atoms with Gasteiger partial charge in [-0.05, 0) is 43.0 Å². The van der Waals surface area contributed by atoms with Gasteiger partial charge in [-0.3, -0.25) is 9.52 Å². The van der Waals surface area contributed by atoms with Crippen molar-refractivity contribution in [2.45, 2.75) is 26.7 Å². The largest absolute Gasteiger partial charge is 0.492 e. The molecule has 0 unspecified atom stereocenters. The summed E-state index contributed by atoms with van der Waals surface area (Å²) in [6.45, 7) is 6.75. The smallest absolute Gasteiger partial charge is 0.344 e. The Morgan fingerprint density at radius 2 is 2.18 bits per heavy atom. The molecule has 0 radical (unpaired) electrons. The summed E-state index contributed by atoms with van der Waals surface area (Å²) < 4.78 is 35.6. The maximum Gasteiger partial charge on any atom is 0.344 e. The highest BCUT2D eigenvalue weighted by Crippen LogP contribution is 2.31. The molecule has 4 rings (SSSR count). The number of amides is 1. The SMILES string of the molecule is CC(C)CNC(=O)c1ccnc(N2CCC[C@H](COc3cccc4c3C(N)=NS(=O)(=O)N4)C2)c1. The number of hydrogen-bond acceptors (Lipinski definition) is 7. The third-order valence-electron chi connectivity index (χ3n) is 5.74. The summed E-state index contributed by atoms with van der Waals surface area (Å²) in [5, 5.41) is 2.94. The molecule has 1 fully saturated rings. The van der Waals surface area contributed by atoms with E-state index in [1.54, 1.807) is 30.5 Å². The first kappa shape index (κ1) is 23.8. The Bertz CT molecular complexity index is 1200. The van der Waals surface area contributed by atoms with Crippen molar-refractivity contribution in [3.05, 3.63) is 47.7 Å². The topological polar surface area (TPSA) is 139 Å². The highest BCUT2D eigenvalue weighted by atomic mass is 32.2. The molecule has 0 spiro atoms. The Hall–Kier alpha value is -3.34. The summed E-state index contributed by atoms with van der Waals surface area (Å²) in [5.74, 6) is 1.67. The molecule has 1 atom stereocenters. The van der Waals surface area contributed by atoms with Crippen LogP contribution in [0.5, 0.6) is 5.75 Å². The number of nitrogens with two attached hydrogens (primary N) is 1. The summed E-state index contributed by atoms with van der Waals surface area (Å²) in [4.78, 5) is 19.1. The van der Waals surface area contributed by atoms with E-state index in [-0.39, 0.29) is 17.7 Å². The van der Waals surface area contributed by atoms with Crippen LogP contribution in [0.25, 0.3) is 0 Å². The van der Waals surface area contributed by atoms with E-state index >= 15 is 0 Å². The normalized spacial score (nSPS) is 19.1. The summed E-state index contributed by atoms with van der Waals surface area (Å²) in [6, 6.07) is 8.64. The minimum atomic E-state index is -3.84. The first-order valence-electron chi connectivity index (χ1n) is 11.4. The molecule has 2 aromatic rings. The number of benzene rings is 1. The molecule has 1 saturated heterocycles. The van der Waals surface area contributed by atoms with Crippen molar-refractivity contribution in [2.24, 2.45) is 22.0 Å². The van der Waals surface area contributed by atoms with Crippen molar-refractivity contribution in [1.29, 1.82) is 0 Å². The van der Waals surface area contributed by atoms with E-state index in [0.717, 1.165) is 31.7 Å². The van der Waals surface area contributed by atoms with Gasteiger partial charge in [0.05, 0.1) is 17.9 Å². The fourth-order valence-corrected chi connectivity index (χ4v) is 4.93. The number of carbonyl (C=O) groups is 1. The fourth-order valence-electron chi connectivity index (χ4n) is 4.09. The number of anilines is 2. The molecule has 0 saturated carbocycles. The fraction of sp³-hybridized carbons (Fsp3) is 0.435. The molecule has 1 aromatic carbocycles. The van der Waals surface area contributed by atoms with Crippen molar-refractivity contribution in [3.63, 3.8) is 0 Å². The molecule has 0 aliphatic carbocycles. The molecule has 10 nitrogen and oxygen atoms in total. The lowest BCUT2D eigenvalue weighted by Gasteiger charge is -2.33. The number of rotatable bonds is 7. The number of carbonyl (C=O) groups excluding carboxylic acids is 1. The summed E-state index contributed by atoms with van der Waals surface area (Å²) in [7, 11) is -3.84. The Labute approximate surface area is 199 Å². The zero-order chi connectivity index (χ0) is 24.3. The van der Waals surface area contributed by atoms with Gasteiger partial charge in [-0.2, -0.15) is 8.42 Å². The van der Waals surface area contributed by atoms with Gasteiger partial charge in [0.2, 0.25) is 0 Å². The van der Waals surface area contributed by atoms with Crippen molar-refractivity contribution < 1.29 is 17.9 Å². The van der Waals surface area contributed by atoms with Crippen LogP contribution in [0.4, 0.5) is 11.5 Å². The zero-order valence-electron chi connectivity index (χ0n) is 19.3. The van der Waals surface area contributed by atoms with Crippen molar-refractivity contribution in [3.8, 4) is 5.75 Å². The molecule has 11 heteroatoms. The monoisotopic (exact) mass is 486 g/mol. The molecule has 3 heterocycles. The zero-order valence-corrected chi connectivity index (χ0v) is 20.1. The van der Waals surface area contributed by atoms with Crippen LogP contribution in [0.1, 0.15) is 42.6 Å². The second-order valence-electron chi connectivity index (χ2n) is 9.00. The van der Waals surface area contributed by atoms with Gasteiger partial charge in [0.25, 0.3) is 5.91 Å². The molecular weight excluding hydrogens is 456 g/mol. The summed E-state index contributed by atoms with van der Waals surface area (Å²) >= 11 is 0. The van der Waals surface area contributed by atoms with Gasteiger partial charge >= 0.3 is 10.2 Å². The average molecular weight is 487 g/mol. The van der Waals surface area contributed by atoms with E-state index in [1.165, 1.54) is 0 Å². The van der Waals surface area contributed by atoms with Gasteiger partial charge in [-0.15, -0.1) is 4.40 Å². The first-order valence-corrected chi connectivity index (χ1v) is 12.8. The molecule has 1 aromatic heterocycles. The average Bonchev–Trinajstić information content (AvgIpc) is 2.80. The molecule has 1 amide bonds. The Kier molecular flexibility index (Phi) is 6.92. The first-order chi connectivity index (χ1) is 16.2. The van der Waals surface area contributed by atoms with Crippen LogP contribution < -0.4 is 25.4 Å². The number of piperidine rings is 1. The molecule has 2 aliphatic rings. The van der Waals surface area contributed by atoms with Crippen LogP contribution in [0.2, 0.25) is 0 Å². The summed E-state index contributed by atoms with van der Waals surface area (Å²) in [6.07, 6.45) is 3.62. The highest BCUT2D eigenvalue weighted by Gasteiger charge is 2.26. The number of nitrogens with zero attached hydrogens (tertiary/aromatic N) is 3. The van der Waals surface area contributed by atoms with Crippen LogP contribution in [0.3, 0.4) is 0 Å². The number of aromatic nitrogens is 1. The number of hydrogen-bond donors (Lipinski definition) is 3. The third-order valence-corrected chi connectivity index (χ3v) is 6.65. The maximum absolute atomic E-state index is 12.5. The number of fused-ring (bicyclic) bond motifs is 1. The minimum Gasteiger partial charge on any atom is -0.492 e. The van der Waals surface area contributed by atoms with Crippen molar-refractivity contribution in [1.82, 2.24) is 10.3 Å². The van der Waals surface area contributed by atoms with E-state index < -0.39 is 10.2 Å². The van der Waals surface area contributed by atoms with Crippen LogP contribution in [0, 0.1) is 11.8 Å². The number of pyridine rings is 1. The van der Waals surface area contributed by atoms with Crippen LogP contribution in [-0.4, -0.2) is 51.4 Å². The van der Waals surface area contributed by atoms with Gasteiger partial charge in [0.15, 0.2) is 5.84 Å². The predicted molar refractivity (Wildman–Crippen MR) is 132 cm³/mol. The molecule has 0 bridgehead atoms.